The molecule has 1 aromatic heterocycles. The van der Waals surface area contributed by atoms with Crippen LogP contribution in [0.2, 0.25) is 5.02 Å². The molecule has 0 saturated heterocycles. The third kappa shape index (κ3) is 6.44. The van der Waals surface area contributed by atoms with Crippen molar-refractivity contribution in [1.82, 2.24) is 0 Å². The van der Waals surface area contributed by atoms with E-state index in [0.29, 0.717) is 16.0 Å². The lowest BCUT2D eigenvalue weighted by atomic mass is 10.2. The van der Waals surface area contributed by atoms with Gasteiger partial charge in [0, 0.05) is 27.2 Å². The highest BCUT2D eigenvalue weighted by Gasteiger charge is 2.30. The van der Waals surface area contributed by atoms with E-state index < -0.39 is 27.7 Å². The molecule has 6 nitrogen and oxygen atoms in total. The number of amides is 1. The number of nitrogens with one attached hydrogen (secondary N) is 2. The first-order valence-corrected chi connectivity index (χ1v) is 12.9. The summed E-state index contributed by atoms with van der Waals surface area (Å²) in [6.07, 6.45) is -3.47. The molecule has 1 amide bonds. The number of carbonyl (C=O) groups excluding carboxylic acids is 1. The molecule has 35 heavy (non-hydrogen) atoms. The number of thiophene rings is 1. The molecule has 0 aliphatic heterocycles. The molecule has 4 rings (SSSR count). The third-order valence-electron chi connectivity index (χ3n) is 4.57. The summed E-state index contributed by atoms with van der Waals surface area (Å²) in [7, 11) is -3.44. The number of ether oxygens (including phenoxy) is 1. The van der Waals surface area contributed by atoms with Gasteiger partial charge >= 0.3 is 6.18 Å². The fourth-order valence-corrected chi connectivity index (χ4v) is 4.91. The number of alkyl halides is 3. The van der Waals surface area contributed by atoms with E-state index >= 15 is 0 Å². The van der Waals surface area contributed by atoms with Gasteiger partial charge in [-0.25, -0.2) is 8.42 Å². The van der Waals surface area contributed by atoms with E-state index in [2.05, 4.69) is 10.0 Å². The van der Waals surface area contributed by atoms with Crippen LogP contribution in [0.15, 0.2) is 66.7 Å². The highest BCUT2D eigenvalue weighted by molar-refractivity contribution is 7.92. The predicted octanol–water partition coefficient (Wildman–Crippen LogP) is 6.99. The minimum atomic E-state index is -4.52. The first-order valence-electron chi connectivity index (χ1n) is 9.84. The van der Waals surface area contributed by atoms with Gasteiger partial charge in [-0.05, 0) is 60.0 Å². The van der Waals surface area contributed by atoms with Crippen LogP contribution in [0.5, 0.6) is 11.5 Å². The molecule has 0 spiro atoms. The summed E-state index contributed by atoms with van der Waals surface area (Å²) in [5.74, 6) is -0.349. The number of sulfonamides is 1. The number of fused-ring (bicyclic) bond motifs is 1. The Morgan fingerprint density at radius 1 is 0.971 bits per heavy atom. The summed E-state index contributed by atoms with van der Waals surface area (Å²) in [5, 5.41) is 3.57. The minimum absolute atomic E-state index is 0.0395. The molecule has 0 atom stereocenters. The van der Waals surface area contributed by atoms with E-state index in [1.165, 1.54) is 41.7 Å². The standard InChI is InChI=1S/C23H16ClF3N2O4S2/c1-35(31,32)29-16-5-6-20-13(7-16)8-21(34-20)22(30)28-17-10-15(24)11-19(12-17)33-18-4-2-3-14(9-18)23(25,26)27/h2-12,29H,1H3,(H,28,30). The van der Waals surface area contributed by atoms with E-state index in [-0.39, 0.29) is 22.2 Å². The van der Waals surface area contributed by atoms with Crippen molar-refractivity contribution in [3.05, 3.63) is 82.2 Å². The molecule has 0 fully saturated rings. The molecule has 3 aromatic carbocycles. The van der Waals surface area contributed by atoms with Gasteiger partial charge in [0.05, 0.1) is 16.7 Å². The Labute approximate surface area is 207 Å². The molecule has 0 saturated carbocycles. The number of carbonyl (C=O) groups is 1. The summed E-state index contributed by atoms with van der Waals surface area (Å²) in [4.78, 5) is 13.2. The number of halogens is 4. The summed E-state index contributed by atoms with van der Waals surface area (Å²) in [6.45, 7) is 0. The van der Waals surface area contributed by atoms with Crippen molar-refractivity contribution in [3.8, 4) is 11.5 Å². The lowest BCUT2D eigenvalue weighted by molar-refractivity contribution is -0.137. The van der Waals surface area contributed by atoms with Gasteiger partial charge in [-0.2, -0.15) is 13.2 Å². The second kappa shape index (κ2) is 9.40. The summed E-state index contributed by atoms with van der Waals surface area (Å²) < 4.78 is 70.4. The molecule has 2 N–H and O–H groups in total. The van der Waals surface area contributed by atoms with Crippen molar-refractivity contribution in [2.75, 3.05) is 16.3 Å². The zero-order valence-corrected chi connectivity index (χ0v) is 20.2. The Bertz CT molecular complexity index is 1540. The van der Waals surface area contributed by atoms with E-state index in [0.717, 1.165) is 23.1 Å². The Morgan fingerprint density at radius 3 is 2.46 bits per heavy atom. The lowest BCUT2D eigenvalue weighted by Crippen LogP contribution is -2.10. The van der Waals surface area contributed by atoms with E-state index in [4.69, 9.17) is 16.3 Å². The van der Waals surface area contributed by atoms with Crippen molar-refractivity contribution in [1.29, 1.82) is 0 Å². The highest BCUT2D eigenvalue weighted by Crippen LogP contribution is 2.34. The number of anilines is 2. The fraction of sp³-hybridized carbons (Fsp3) is 0.0870. The van der Waals surface area contributed by atoms with Crippen LogP contribution in [0.25, 0.3) is 10.1 Å². The monoisotopic (exact) mass is 540 g/mol. The maximum absolute atomic E-state index is 13.0. The quantitative estimate of drug-likeness (QED) is 0.276. The Kier molecular flexibility index (Phi) is 6.67. The van der Waals surface area contributed by atoms with Crippen molar-refractivity contribution in [2.24, 2.45) is 0 Å². The molecule has 0 aliphatic carbocycles. The Hall–Kier alpha value is -3.28. The largest absolute Gasteiger partial charge is 0.457 e. The SMILES string of the molecule is CS(=O)(=O)Nc1ccc2sc(C(=O)Nc3cc(Cl)cc(Oc4cccc(C(F)(F)F)c4)c3)cc2c1. The van der Waals surface area contributed by atoms with Crippen LogP contribution in [-0.4, -0.2) is 20.6 Å². The highest BCUT2D eigenvalue weighted by atomic mass is 35.5. The Balaban J connectivity index is 1.53. The lowest BCUT2D eigenvalue weighted by Gasteiger charge is -2.12. The van der Waals surface area contributed by atoms with Crippen molar-refractivity contribution < 1.29 is 31.1 Å². The molecular weight excluding hydrogens is 525 g/mol. The second-order valence-corrected chi connectivity index (χ2v) is 10.8. The molecular formula is C23H16ClF3N2O4S2. The van der Waals surface area contributed by atoms with Gasteiger partial charge in [0.2, 0.25) is 10.0 Å². The van der Waals surface area contributed by atoms with Crippen LogP contribution in [-0.2, 0) is 16.2 Å². The number of hydrogen-bond donors (Lipinski definition) is 2. The Morgan fingerprint density at radius 2 is 1.74 bits per heavy atom. The smallest absolute Gasteiger partial charge is 0.416 e. The first-order chi connectivity index (χ1) is 16.4. The molecule has 1 heterocycles. The topological polar surface area (TPSA) is 84.5 Å². The van der Waals surface area contributed by atoms with Crippen molar-refractivity contribution >= 4 is 60.3 Å². The molecule has 0 radical (unpaired) electrons. The number of benzene rings is 3. The van der Waals surface area contributed by atoms with Gasteiger partial charge in [0.1, 0.15) is 11.5 Å². The van der Waals surface area contributed by atoms with Gasteiger partial charge in [0.15, 0.2) is 0 Å². The molecule has 182 valence electrons. The molecule has 4 aromatic rings. The predicted molar refractivity (Wildman–Crippen MR) is 131 cm³/mol. The summed E-state index contributed by atoms with van der Waals surface area (Å²) >= 11 is 7.33. The fourth-order valence-electron chi connectivity index (χ4n) is 3.19. The third-order valence-corrected chi connectivity index (χ3v) is 6.51. The zero-order valence-electron chi connectivity index (χ0n) is 17.8. The van der Waals surface area contributed by atoms with Gasteiger partial charge in [-0.3, -0.25) is 9.52 Å². The van der Waals surface area contributed by atoms with E-state index in [1.807, 2.05) is 0 Å². The maximum atomic E-state index is 13.0. The number of rotatable bonds is 6. The average molecular weight is 541 g/mol. The molecule has 0 bridgehead atoms. The van der Waals surface area contributed by atoms with E-state index in [1.54, 1.807) is 24.3 Å². The van der Waals surface area contributed by atoms with Crippen LogP contribution >= 0.6 is 22.9 Å². The normalized spacial score (nSPS) is 11.9. The number of hydrogen-bond acceptors (Lipinski definition) is 5. The van der Waals surface area contributed by atoms with Gasteiger partial charge in [-0.15, -0.1) is 11.3 Å². The van der Waals surface area contributed by atoms with Crippen molar-refractivity contribution in [3.63, 3.8) is 0 Å². The van der Waals surface area contributed by atoms with Crippen LogP contribution in [0.4, 0.5) is 24.5 Å². The molecule has 12 heteroatoms. The van der Waals surface area contributed by atoms with Crippen LogP contribution in [0, 0.1) is 0 Å². The van der Waals surface area contributed by atoms with E-state index in [9.17, 15) is 26.4 Å². The second-order valence-electron chi connectivity index (χ2n) is 7.49. The summed E-state index contributed by atoms with van der Waals surface area (Å²) in [6, 6.07) is 15.2. The van der Waals surface area contributed by atoms with Gasteiger partial charge in [0.25, 0.3) is 5.91 Å². The van der Waals surface area contributed by atoms with Crippen LogP contribution in [0.1, 0.15) is 15.2 Å². The molecule has 0 aliphatic rings. The first kappa shape index (κ1) is 24.8. The van der Waals surface area contributed by atoms with Gasteiger partial charge < -0.3 is 10.1 Å². The average Bonchev–Trinajstić information content (AvgIpc) is 3.15. The van der Waals surface area contributed by atoms with Gasteiger partial charge in [-0.1, -0.05) is 17.7 Å². The van der Waals surface area contributed by atoms with Crippen LogP contribution < -0.4 is 14.8 Å². The maximum Gasteiger partial charge on any atom is 0.416 e. The minimum Gasteiger partial charge on any atom is -0.457 e. The van der Waals surface area contributed by atoms with Crippen LogP contribution in [0.3, 0.4) is 0 Å². The van der Waals surface area contributed by atoms with Crippen molar-refractivity contribution in [2.45, 2.75) is 6.18 Å². The summed E-state index contributed by atoms with van der Waals surface area (Å²) in [5.41, 5.74) is -0.206. The molecule has 0 unspecified atom stereocenters. The zero-order chi connectivity index (χ0) is 25.4.